The van der Waals surface area contributed by atoms with Crippen molar-refractivity contribution in [2.75, 3.05) is 18.0 Å². The lowest BCUT2D eigenvalue weighted by Gasteiger charge is -2.27. The summed E-state index contributed by atoms with van der Waals surface area (Å²) in [6.07, 6.45) is 2.77. The number of carbonyl (C=O) groups is 1. The predicted octanol–water partition coefficient (Wildman–Crippen LogP) is 3.20. The molecule has 0 spiro atoms. The predicted molar refractivity (Wildman–Crippen MR) is 112 cm³/mol. The van der Waals surface area contributed by atoms with Gasteiger partial charge in [0.15, 0.2) is 5.78 Å². The third-order valence-corrected chi connectivity index (χ3v) is 5.44. The van der Waals surface area contributed by atoms with Crippen molar-refractivity contribution in [3.05, 3.63) is 70.0 Å². The normalized spacial score (nSPS) is 14.4. The van der Waals surface area contributed by atoms with E-state index in [0.29, 0.717) is 18.9 Å². The van der Waals surface area contributed by atoms with Crippen LogP contribution >= 0.6 is 11.6 Å². The van der Waals surface area contributed by atoms with Crippen molar-refractivity contribution in [1.29, 1.82) is 0 Å². The molecule has 3 aromatic rings. The first-order valence-electron chi connectivity index (χ1n) is 9.42. The molecule has 1 aliphatic heterocycles. The molecule has 0 saturated heterocycles. The summed E-state index contributed by atoms with van der Waals surface area (Å²) in [6, 6.07) is 11.5. The van der Waals surface area contributed by atoms with E-state index in [2.05, 4.69) is 20.4 Å². The van der Waals surface area contributed by atoms with E-state index < -0.39 is 0 Å². The zero-order chi connectivity index (χ0) is 20.4. The Morgan fingerprint density at radius 2 is 2.03 bits per heavy atom. The van der Waals surface area contributed by atoms with Gasteiger partial charge in [-0.3, -0.25) is 9.78 Å². The van der Waals surface area contributed by atoms with Crippen LogP contribution in [0.25, 0.3) is 5.57 Å². The SMILES string of the molecule is Cc1ccccc1C(=O)Cc1ccc(C2=C(Cl)CCN(c3nnn(C)n3)C2)cn1. The van der Waals surface area contributed by atoms with Crippen molar-refractivity contribution in [1.82, 2.24) is 25.2 Å². The van der Waals surface area contributed by atoms with Crippen LogP contribution in [0.5, 0.6) is 0 Å². The Morgan fingerprint density at radius 1 is 1.21 bits per heavy atom. The second-order valence-corrected chi connectivity index (χ2v) is 7.54. The van der Waals surface area contributed by atoms with Crippen LogP contribution in [0.2, 0.25) is 0 Å². The summed E-state index contributed by atoms with van der Waals surface area (Å²) in [5.74, 6) is 0.653. The molecule has 148 valence electrons. The Morgan fingerprint density at radius 3 is 2.72 bits per heavy atom. The third kappa shape index (κ3) is 4.19. The molecule has 7 nitrogen and oxygen atoms in total. The molecule has 8 heteroatoms. The van der Waals surface area contributed by atoms with Crippen LogP contribution in [0.3, 0.4) is 0 Å². The molecular formula is C21H21ClN6O. The minimum absolute atomic E-state index is 0.0677. The summed E-state index contributed by atoms with van der Waals surface area (Å²) in [7, 11) is 1.74. The highest BCUT2D eigenvalue weighted by atomic mass is 35.5. The summed E-state index contributed by atoms with van der Waals surface area (Å²) in [4.78, 5) is 20.6. The topological polar surface area (TPSA) is 76.8 Å². The number of aromatic nitrogens is 5. The number of rotatable bonds is 5. The number of tetrazole rings is 1. The average Bonchev–Trinajstić information content (AvgIpc) is 3.16. The summed E-state index contributed by atoms with van der Waals surface area (Å²) in [6.45, 7) is 3.27. The summed E-state index contributed by atoms with van der Waals surface area (Å²) < 4.78 is 0. The first kappa shape index (κ1) is 19.3. The number of hydrogen-bond acceptors (Lipinski definition) is 6. The van der Waals surface area contributed by atoms with Crippen LogP contribution in [0, 0.1) is 6.92 Å². The van der Waals surface area contributed by atoms with Gasteiger partial charge in [0.1, 0.15) is 0 Å². The van der Waals surface area contributed by atoms with Gasteiger partial charge in [-0.2, -0.15) is 4.80 Å². The Bertz CT molecular complexity index is 1070. The fourth-order valence-electron chi connectivity index (χ4n) is 3.41. The van der Waals surface area contributed by atoms with E-state index in [1.807, 2.05) is 48.2 Å². The van der Waals surface area contributed by atoms with Crippen LogP contribution in [0.1, 0.15) is 33.6 Å². The maximum absolute atomic E-state index is 12.6. The largest absolute Gasteiger partial charge is 0.333 e. The summed E-state index contributed by atoms with van der Waals surface area (Å²) in [5, 5.41) is 13.1. The number of carbonyl (C=O) groups excluding carboxylic acids is 1. The minimum Gasteiger partial charge on any atom is -0.333 e. The number of pyridine rings is 1. The zero-order valence-corrected chi connectivity index (χ0v) is 17.1. The van der Waals surface area contributed by atoms with Gasteiger partial charge >= 0.3 is 0 Å². The molecule has 0 saturated carbocycles. The van der Waals surface area contributed by atoms with Crippen LogP contribution in [-0.4, -0.2) is 44.1 Å². The van der Waals surface area contributed by atoms with E-state index in [1.54, 1.807) is 13.2 Å². The van der Waals surface area contributed by atoms with Gasteiger partial charge in [-0.25, -0.2) is 0 Å². The summed E-state index contributed by atoms with van der Waals surface area (Å²) in [5.41, 5.74) is 4.39. The quantitative estimate of drug-likeness (QED) is 0.603. The second kappa shape index (κ2) is 8.13. The van der Waals surface area contributed by atoms with Gasteiger partial charge in [-0.05, 0) is 34.9 Å². The fourth-order valence-corrected chi connectivity index (χ4v) is 3.67. The standard InChI is InChI=1S/C21H21ClN6O/c1-14-5-3-4-6-17(14)20(29)11-16-8-7-15(12-23-16)18-13-28(10-9-19(18)22)21-24-26-27(2)25-21/h3-8,12H,9-11,13H2,1-2H3. The molecule has 2 aromatic heterocycles. The lowest BCUT2D eigenvalue weighted by Crippen LogP contribution is -2.31. The third-order valence-electron chi connectivity index (χ3n) is 5.02. The van der Waals surface area contributed by atoms with Crippen LogP contribution in [-0.2, 0) is 13.5 Å². The van der Waals surface area contributed by atoms with Crippen LogP contribution in [0.15, 0.2) is 47.6 Å². The smallest absolute Gasteiger partial charge is 0.266 e. The van der Waals surface area contributed by atoms with Gasteiger partial charge in [0.05, 0.1) is 13.5 Å². The molecule has 0 aliphatic carbocycles. The second-order valence-electron chi connectivity index (χ2n) is 7.09. The number of benzene rings is 1. The molecule has 0 amide bonds. The lowest BCUT2D eigenvalue weighted by molar-refractivity contribution is 0.0991. The summed E-state index contributed by atoms with van der Waals surface area (Å²) >= 11 is 6.51. The number of aryl methyl sites for hydroxylation is 2. The van der Waals surface area contributed by atoms with Crippen molar-refractivity contribution in [3.63, 3.8) is 0 Å². The monoisotopic (exact) mass is 408 g/mol. The van der Waals surface area contributed by atoms with Crippen LogP contribution in [0.4, 0.5) is 5.95 Å². The van der Waals surface area contributed by atoms with Gasteiger partial charge in [0.25, 0.3) is 5.95 Å². The fraction of sp³-hybridized carbons (Fsp3) is 0.286. The lowest BCUT2D eigenvalue weighted by atomic mass is 10.00. The molecule has 0 fully saturated rings. The van der Waals surface area contributed by atoms with Gasteiger partial charge < -0.3 is 4.90 Å². The first-order valence-corrected chi connectivity index (χ1v) is 9.79. The van der Waals surface area contributed by atoms with E-state index in [4.69, 9.17) is 11.6 Å². The molecular weight excluding hydrogens is 388 g/mol. The molecule has 0 unspecified atom stereocenters. The van der Waals surface area contributed by atoms with Gasteiger partial charge in [-0.15, -0.1) is 5.10 Å². The molecule has 0 atom stereocenters. The molecule has 3 heterocycles. The van der Waals surface area contributed by atoms with E-state index in [-0.39, 0.29) is 12.2 Å². The molecule has 0 N–H and O–H groups in total. The van der Waals surface area contributed by atoms with Crippen molar-refractivity contribution in [2.24, 2.45) is 7.05 Å². The minimum atomic E-state index is 0.0677. The number of hydrogen-bond donors (Lipinski definition) is 0. The van der Waals surface area contributed by atoms with Gasteiger partial charge in [0, 0.05) is 42.0 Å². The van der Waals surface area contributed by atoms with E-state index in [9.17, 15) is 4.79 Å². The Balaban J connectivity index is 1.49. The molecule has 4 rings (SSSR count). The number of anilines is 1. The number of nitrogens with zero attached hydrogens (tertiary/aromatic N) is 6. The van der Waals surface area contributed by atoms with Crippen molar-refractivity contribution in [3.8, 4) is 0 Å². The highest BCUT2D eigenvalue weighted by Crippen LogP contribution is 2.30. The highest BCUT2D eigenvalue weighted by Gasteiger charge is 2.22. The van der Waals surface area contributed by atoms with Gasteiger partial charge in [0.2, 0.25) is 0 Å². The maximum Gasteiger partial charge on any atom is 0.266 e. The molecule has 0 bridgehead atoms. The highest BCUT2D eigenvalue weighted by molar-refractivity contribution is 6.33. The number of ketones is 1. The average molecular weight is 409 g/mol. The van der Waals surface area contributed by atoms with Gasteiger partial charge in [-0.1, -0.05) is 47.0 Å². The Hall–Kier alpha value is -3.06. The Labute approximate surface area is 174 Å². The molecule has 1 aliphatic rings. The molecule has 29 heavy (non-hydrogen) atoms. The van der Waals surface area contributed by atoms with Crippen molar-refractivity contribution in [2.45, 2.75) is 19.8 Å². The number of Topliss-reactive ketones (excluding diaryl/α,β-unsaturated/α-hetero) is 1. The Kier molecular flexibility index (Phi) is 5.40. The number of halogens is 1. The molecule has 0 radical (unpaired) electrons. The van der Waals surface area contributed by atoms with Crippen molar-refractivity contribution >= 4 is 28.9 Å². The van der Waals surface area contributed by atoms with Crippen molar-refractivity contribution < 1.29 is 4.79 Å². The van der Waals surface area contributed by atoms with E-state index in [1.165, 1.54) is 4.80 Å². The molecule has 1 aromatic carbocycles. The van der Waals surface area contributed by atoms with Crippen LogP contribution < -0.4 is 4.90 Å². The first-order chi connectivity index (χ1) is 14.0. The van der Waals surface area contributed by atoms with E-state index in [0.717, 1.165) is 39.5 Å². The zero-order valence-electron chi connectivity index (χ0n) is 16.3. The van der Waals surface area contributed by atoms with E-state index >= 15 is 0 Å². The maximum atomic E-state index is 12.6.